The number of para-hydroxylation sites is 2. The number of imidazole rings is 1. The lowest BCUT2D eigenvalue weighted by atomic mass is 10.0. The van der Waals surface area contributed by atoms with Crippen LogP contribution in [-0.2, 0) is 6.42 Å². The van der Waals surface area contributed by atoms with E-state index in [9.17, 15) is 9.90 Å². The third kappa shape index (κ3) is 4.36. The Morgan fingerprint density at radius 3 is 2.72 bits per heavy atom. The molecule has 1 aromatic heterocycles. The molecule has 0 fully saturated rings. The molecule has 130 valence electrons. The number of nitrogens with zero attached hydrogens (tertiary/aromatic N) is 1. The number of urea groups is 1. The number of nitrogens with one attached hydrogen (secondary N) is 3. The third-order valence-electron chi connectivity index (χ3n) is 4.09. The van der Waals surface area contributed by atoms with Gasteiger partial charge in [0.05, 0.1) is 17.1 Å². The van der Waals surface area contributed by atoms with Crippen molar-refractivity contribution < 1.29 is 9.90 Å². The van der Waals surface area contributed by atoms with Crippen LogP contribution in [0.4, 0.5) is 4.79 Å². The van der Waals surface area contributed by atoms with Crippen molar-refractivity contribution in [1.82, 2.24) is 20.6 Å². The lowest BCUT2D eigenvalue weighted by Crippen LogP contribution is -2.38. The van der Waals surface area contributed by atoms with E-state index in [0.29, 0.717) is 13.0 Å². The summed E-state index contributed by atoms with van der Waals surface area (Å²) in [6.07, 6.45) is -0.107. The number of benzene rings is 2. The number of aryl methyl sites for hydroxylation is 1. The molecule has 1 atom stereocenters. The van der Waals surface area contributed by atoms with Crippen molar-refractivity contribution in [3.05, 3.63) is 65.5 Å². The normalized spacial score (nSPS) is 12.1. The summed E-state index contributed by atoms with van der Waals surface area (Å²) in [5.41, 5.74) is 3.73. The zero-order chi connectivity index (χ0) is 17.6. The predicted octanol–water partition coefficient (Wildman–Crippen LogP) is 2.45. The fourth-order valence-electron chi connectivity index (χ4n) is 2.74. The maximum absolute atomic E-state index is 11.9. The highest BCUT2D eigenvalue weighted by Crippen LogP contribution is 2.16. The van der Waals surface area contributed by atoms with Crippen LogP contribution in [0.15, 0.2) is 48.5 Å². The number of aromatic amines is 1. The van der Waals surface area contributed by atoms with E-state index in [-0.39, 0.29) is 12.6 Å². The Balaban J connectivity index is 1.43. The van der Waals surface area contributed by atoms with Crippen LogP contribution in [-0.4, -0.2) is 34.2 Å². The standard InChI is InChI=1S/C19H22N4O2/c1-13-6-2-3-7-14(13)17(24)12-21-19(25)20-11-10-18-22-15-8-4-5-9-16(15)23-18/h2-9,17,24H,10-12H2,1H3,(H,22,23)(H2,20,21,25). The minimum atomic E-state index is -0.720. The molecule has 1 heterocycles. The maximum Gasteiger partial charge on any atom is 0.314 e. The predicted molar refractivity (Wildman–Crippen MR) is 97.3 cm³/mol. The van der Waals surface area contributed by atoms with Gasteiger partial charge >= 0.3 is 6.03 Å². The van der Waals surface area contributed by atoms with E-state index in [0.717, 1.165) is 28.0 Å². The lowest BCUT2D eigenvalue weighted by molar-refractivity contribution is 0.172. The summed E-state index contributed by atoms with van der Waals surface area (Å²) in [6.45, 7) is 2.57. The first kappa shape index (κ1) is 17.0. The number of aliphatic hydroxyl groups is 1. The van der Waals surface area contributed by atoms with Gasteiger partial charge in [-0.3, -0.25) is 0 Å². The zero-order valence-corrected chi connectivity index (χ0v) is 14.1. The van der Waals surface area contributed by atoms with E-state index in [1.165, 1.54) is 0 Å². The smallest absolute Gasteiger partial charge is 0.314 e. The molecule has 3 rings (SSSR count). The molecule has 6 heteroatoms. The largest absolute Gasteiger partial charge is 0.387 e. The summed E-state index contributed by atoms with van der Waals surface area (Å²) in [5, 5.41) is 15.6. The zero-order valence-electron chi connectivity index (χ0n) is 14.1. The number of aliphatic hydroxyl groups excluding tert-OH is 1. The molecule has 4 N–H and O–H groups in total. The van der Waals surface area contributed by atoms with Gasteiger partial charge in [0.2, 0.25) is 0 Å². The fraction of sp³-hybridized carbons (Fsp3) is 0.263. The fourth-order valence-corrected chi connectivity index (χ4v) is 2.74. The SMILES string of the molecule is Cc1ccccc1C(O)CNC(=O)NCCc1nc2ccccc2[nH]1. The van der Waals surface area contributed by atoms with E-state index < -0.39 is 6.10 Å². The monoisotopic (exact) mass is 338 g/mol. The minimum Gasteiger partial charge on any atom is -0.387 e. The second-order valence-corrected chi connectivity index (χ2v) is 5.96. The Morgan fingerprint density at radius 2 is 1.92 bits per heavy atom. The lowest BCUT2D eigenvalue weighted by Gasteiger charge is -2.14. The molecule has 0 aliphatic rings. The third-order valence-corrected chi connectivity index (χ3v) is 4.09. The molecule has 0 spiro atoms. The van der Waals surface area contributed by atoms with E-state index in [1.54, 1.807) is 0 Å². The van der Waals surface area contributed by atoms with Crippen molar-refractivity contribution in [3.63, 3.8) is 0 Å². The van der Waals surface area contributed by atoms with Gasteiger partial charge in [-0.15, -0.1) is 0 Å². The molecule has 0 aliphatic carbocycles. The van der Waals surface area contributed by atoms with Gasteiger partial charge in [0, 0.05) is 19.5 Å². The molecule has 0 saturated carbocycles. The summed E-state index contributed by atoms with van der Waals surface area (Å²) in [6, 6.07) is 15.1. The quantitative estimate of drug-likeness (QED) is 0.556. The first-order chi connectivity index (χ1) is 12.1. The summed E-state index contributed by atoms with van der Waals surface area (Å²) < 4.78 is 0. The van der Waals surface area contributed by atoms with Crippen LogP contribution in [0.25, 0.3) is 11.0 Å². The molecule has 1 unspecified atom stereocenters. The van der Waals surface area contributed by atoms with Crippen molar-refractivity contribution in [2.24, 2.45) is 0 Å². The van der Waals surface area contributed by atoms with E-state index in [4.69, 9.17) is 0 Å². The summed E-state index contributed by atoms with van der Waals surface area (Å²) in [7, 11) is 0. The van der Waals surface area contributed by atoms with Crippen molar-refractivity contribution >= 4 is 17.1 Å². The highest BCUT2D eigenvalue weighted by molar-refractivity contribution is 5.75. The summed E-state index contributed by atoms with van der Waals surface area (Å²) in [4.78, 5) is 19.6. The van der Waals surface area contributed by atoms with Gasteiger partial charge in [-0.1, -0.05) is 36.4 Å². The Morgan fingerprint density at radius 1 is 1.16 bits per heavy atom. The van der Waals surface area contributed by atoms with Crippen LogP contribution in [0.1, 0.15) is 23.1 Å². The number of carbonyl (C=O) groups is 1. The molecule has 0 aliphatic heterocycles. The van der Waals surface area contributed by atoms with E-state index >= 15 is 0 Å². The first-order valence-corrected chi connectivity index (χ1v) is 8.32. The number of amides is 2. The van der Waals surface area contributed by atoms with Gasteiger partial charge in [0.1, 0.15) is 5.82 Å². The highest BCUT2D eigenvalue weighted by Gasteiger charge is 2.11. The van der Waals surface area contributed by atoms with Gasteiger partial charge in [-0.05, 0) is 30.2 Å². The number of hydrogen-bond donors (Lipinski definition) is 4. The topological polar surface area (TPSA) is 90.0 Å². The Bertz CT molecular complexity index is 826. The highest BCUT2D eigenvalue weighted by atomic mass is 16.3. The summed E-state index contributed by atoms with van der Waals surface area (Å²) >= 11 is 0. The Labute approximate surface area is 146 Å². The van der Waals surface area contributed by atoms with Crippen molar-refractivity contribution in [2.75, 3.05) is 13.1 Å². The van der Waals surface area contributed by atoms with Crippen LogP contribution in [0.2, 0.25) is 0 Å². The number of hydrogen-bond acceptors (Lipinski definition) is 3. The van der Waals surface area contributed by atoms with Gasteiger partial charge < -0.3 is 20.7 Å². The Hall–Kier alpha value is -2.86. The number of H-pyrrole nitrogens is 1. The molecular formula is C19H22N4O2. The van der Waals surface area contributed by atoms with Gasteiger partial charge in [-0.2, -0.15) is 0 Å². The number of fused-ring (bicyclic) bond motifs is 1. The van der Waals surface area contributed by atoms with Crippen molar-refractivity contribution in [1.29, 1.82) is 0 Å². The second-order valence-electron chi connectivity index (χ2n) is 5.96. The molecule has 2 amide bonds. The maximum atomic E-state index is 11.9. The van der Waals surface area contributed by atoms with E-state index in [2.05, 4.69) is 20.6 Å². The first-order valence-electron chi connectivity index (χ1n) is 8.32. The summed E-state index contributed by atoms with van der Waals surface area (Å²) in [5.74, 6) is 0.835. The second kappa shape index (κ2) is 7.81. The minimum absolute atomic E-state index is 0.168. The van der Waals surface area contributed by atoms with Gasteiger partial charge in [0.25, 0.3) is 0 Å². The number of rotatable bonds is 6. The van der Waals surface area contributed by atoms with Crippen molar-refractivity contribution in [2.45, 2.75) is 19.4 Å². The number of carbonyl (C=O) groups excluding carboxylic acids is 1. The van der Waals surface area contributed by atoms with Gasteiger partial charge in [-0.25, -0.2) is 9.78 Å². The molecule has 3 aromatic rings. The molecule has 2 aromatic carbocycles. The number of aromatic nitrogens is 2. The Kier molecular flexibility index (Phi) is 5.30. The van der Waals surface area contributed by atoms with Crippen LogP contribution in [0.3, 0.4) is 0 Å². The van der Waals surface area contributed by atoms with Gasteiger partial charge in [0.15, 0.2) is 0 Å². The van der Waals surface area contributed by atoms with Crippen LogP contribution in [0.5, 0.6) is 0 Å². The van der Waals surface area contributed by atoms with Crippen LogP contribution in [0, 0.1) is 6.92 Å². The average molecular weight is 338 g/mol. The molecule has 0 radical (unpaired) electrons. The van der Waals surface area contributed by atoms with Crippen LogP contribution >= 0.6 is 0 Å². The van der Waals surface area contributed by atoms with E-state index in [1.807, 2.05) is 55.5 Å². The molecule has 25 heavy (non-hydrogen) atoms. The molecule has 6 nitrogen and oxygen atoms in total. The van der Waals surface area contributed by atoms with Crippen molar-refractivity contribution in [3.8, 4) is 0 Å². The molecule has 0 bridgehead atoms. The molecule has 0 saturated heterocycles. The average Bonchev–Trinajstić information content (AvgIpc) is 3.03. The van der Waals surface area contributed by atoms with Crippen LogP contribution < -0.4 is 10.6 Å². The molecular weight excluding hydrogens is 316 g/mol.